The summed E-state index contributed by atoms with van der Waals surface area (Å²) in [6.07, 6.45) is 1.13. The highest BCUT2D eigenvalue weighted by atomic mass is 79.9. The molecular formula is C12H11BrFNO3. The number of hydrogen-bond donors (Lipinski definition) is 1. The number of benzene rings is 1. The molecule has 1 saturated heterocycles. The fourth-order valence-corrected chi connectivity index (χ4v) is 2.60. The van der Waals surface area contributed by atoms with Crippen LogP contribution in [0.3, 0.4) is 0 Å². The van der Waals surface area contributed by atoms with Gasteiger partial charge in [-0.1, -0.05) is 0 Å². The smallest absolute Gasteiger partial charge is 0.326 e. The monoisotopic (exact) mass is 315 g/mol. The topological polar surface area (TPSA) is 57.6 Å². The average Bonchev–Trinajstić information content (AvgIpc) is 2.77. The summed E-state index contributed by atoms with van der Waals surface area (Å²) in [7, 11) is 0. The quantitative estimate of drug-likeness (QED) is 0.911. The fraction of sp³-hybridized carbons (Fsp3) is 0.333. The highest BCUT2D eigenvalue weighted by molar-refractivity contribution is 9.10. The second-order valence-corrected chi connectivity index (χ2v) is 4.97. The lowest BCUT2D eigenvalue weighted by molar-refractivity contribution is -0.141. The Morgan fingerprint density at radius 1 is 1.44 bits per heavy atom. The lowest BCUT2D eigenvalue weighted by Crippen LogP contribution is -2.40. The van der Waals surface area contributed by atoms with E-state index >= 15 is 0 Å². The van der Waals surface area contributed by atoms with Gasteiger partial charge in [0.05, 0.1) is 5.56 Å². The van der Waals surface area contributed by atoms with Gasteiger partial charge >= 0.3 is 5.97 Å². The third-order valence-electron chi connectivity index (χ3n) is 2.96. The van der Waals surface area contributed by atoms with Crippen molar-refractivity contribution in [1.29, 1.82) is 0 Å². The first-order valence-corrected chi connectivity index (χ1v) is 6.29. The summed E-state index contributed by atoms with van der Waals surface area (Å²) in [4.78, 5) is 24.5. The van der Waals surface area contributed by atoms with Crippen molar-refractivity contribution in [2.24, 2.45) is 0 Å². The zero-order valence-corrected chi connectivity index (χ0v) is 11.0. The number of halogens is 2. The molecule has 1 aromatic carbocycles. The van der Waals surface area contributed by atoms with Crippen LogP contribution in [0, 0.1) is 5.82 Å². The minimum Gasteiger partial charge on any atom is -0.480 e. The number of rotatable bonds is 2. The van der Waals surface area contributed by atoms with Gasteiger partial charge in [-0.3, -0.25) is 4.79 Å². The van der Waals surface area contributed by atoms with Crippen LogP contribution in [0.5, 0.6) is 0 Å². The van der Waals surface area contributed by atoms with Crippen LogP contribution in [-0.2, 0) is 4.79 Å². The molecule has 96 valence electrons. The molecule has 0 aliphatic carbocycles. The van der Waals surface area contributed by atoms with Gasteiger partial charge in [-0.05, 0) is 47.0 Å². The third kappa shape index (κ3) is 2.38. The molecule has 2 rings (SSSR count). The molecule has 1 fully saturated rings. The Kier molecular flexibility index (Phi) is 3.65. The van der Waals surface area contributed by atoms with Gasteiger partial charge < -0.3 is 10.0 Å². The summed E-state index contributed by atoms with van der Waals surface area (Å²) >= 11 is 3.12. The maximum Gasteiger partial charge on any atom is 0.326 e. The lowest BCUT2D eigenvalue weighted by atomic mass is 10.1. The van der Waals surface area contributed by atoms with Crippen molar-refractivity contribution in [3.8, 4) is 0 Å². The van der Waals surface area contributed by atoms with Crippen LogP contribution in [0.1, 0.15) is 23.2 Å². The molecule has 1 heterocycles. The van der Waals surface area contributed by atoms with E-state index in [1.54, 1.807) is 0 Å². The Labute approximate surface area is 112 Å². The number of nitrogens with zero attached hydrogens (tertiary/aromatic N) is 1. The summed E-state index contributed by atoms with van der Waals surface area (Å²) in [5.41, 5.74) is 0.282. The zero-order chi connectivity index (χ0) is 13.3. The van der Waals surface area contributed by atoms with Gasteiger partial charge in [0, 0.05) is 11.0 Å². The lowest BCUT2D eigenvalue weighted by Gasteiger charge is -2.21. The molecule has 1 amide bonds. The van der Waals surface area contributed by atoms with Crippen LogP contribution < -0.4 is 0 Å². The molecule has 1 aromatic rings. The Hall–Kier alpha value is -1.43. The summed E-state index contributed by atoms with van der Waals surface area (Å²) in [5.74, 6) is -1.83. The first kappa shape index (κ1) is 13.0. The van der Waals surface area contributed by atoms with Crippen molar-refractivity contribution < 1.29 is 19.1 Å². The van der Waals surface area contributed by atoms with Gasteiger partial charge in [0.25, 0.3) is 5.91 Å². The minimum atomic E-state index is -1.00. The molecule has 1 aliphatic heterocycles. The summed E-state index contributed by atoms with van der Waals surface area (Å²) < 4.78 is 13.3. The van der Waals surface area contributed by atoms with E-state index in [4.69, 9.17) is 5.11 Å². The summed E-state index contributed by atoms with van der Waals surface area (Å²) in [5, 5.41) is 9.03. The number of amides is 1. The molecule has 0 saturated carbocycles. The van der Waals surface area contributed by atoms with Crippen molar-refractivity contribution in [3.05, 3.63) is 34.1 Å². The highest BCUT2D eigenvalue weighted by Gasteiger charge is 2.34. The molecular weight excluding hydrogens is 305 g/mol. The predicted molar refractivity (Wildman–Crippen MR) is 65.8 cm³/mol. The van der Waals surface area contributed by atoms with Crippen LogP contribution in [0.4, 0.5) is 4.39 Å². The molecule has 0 radical (unpaired) electrons. The van der Waals surface area contributed by atoms with Gasteiger partial charge in [-0.15, -0.1) is 0 Å². The van der Waals surface area contributed by atoms with Gasteiger partial charge in [0.1, 0.15) is 11.9 Å². The maximum atomic E-state index is 12.9. The number of aliphatic carboxylic acids is 1. The van der Waals surface area contributed by atoms with Gasteiger partial charge in [-0.25, -0.2) is 9.18 Å². The Morgan fingerprint density at radius 3 is 2.78 bits per heavy atom. The van der Waals surface area contributed by atoms with E-state index in [1.165, 1.54) is 23.1 Å². The second-order valence-electron chi connectivity index (χ2n) is 4.12. The second kappa shape index (κ2) is 5.06. The molecule has 0 spiro atoms. The van der Waals surface area contributed by atoms with Crippen molar-refractivity contribution in [2.45, 2.75) is 18.9 Å². The van der Waals surface area contributed by atoms with Crippen LogP contribution >= 0.6 is 15.9 Å². The number of likely N-dealkylation sites (tertiary alicyclic amines) is 1. The van der Waals surface area contributed by atoms with Crippen molar-refractivity contribution in [3.63, 3.8) is 0 Å². The average molecular weight is 316 g/mol. The first-order valence-electron chi connectivity index (χ1n) is 5.49. The SMILES string of the molecule is O=C(O)C1CCCN1C(=O)c1ccc(F)cc1Br. The maximum absolute atomic E-state index is 12.9. The van der Waals surface area contributed by atoms with Crippen LogP contribution in [-0.4, -0.2) is 34.5 Å². The third-order valence-corrected chi connectivity index (χ3v) is 3.62. The molecule has 4 nitrogen and oxygen atoms in total. The molecule has 1 N–H and O–H groups in total. The zero-order valence-electron chi connectivity index (χ0n) is 9.40. The Morgan fingerprint density at radius 2 is 2.17 bits per heavy atom. The van der Waals surface area contributed by atoms with Crippen LogP contribution in [0.2, 0.25) is 0 Å². The van der Waals surface area contributed by atoms with Crippen molar-refractivity contribution >= 4 is 27.8 Å². The molecule has 1 aliphatic rings. The molecule has 1 unspecified atom stereocenters. The molecule has 1 atom stereocenters. The summed E-state index contributed by atoms with van der Waals surface area (Å²) in [6, 6.07) is 2.96. The van der Waals surface area contributed by atoms with Gasteiger partial charge in [0.15, 0.2) is 0 Å². The Balaban J connectivity index is 2.28. The molecule has 6 heteroatoms. The number of carbonyl (C=O) groups excluding carboxylic acids is 1. The molecule has 0 aromatic heterocycles. The largest absolute Gasteiger partial charge is 0.480 e. The van der Waals surface area contributed by atoms with E-state index in [9.17, 15) is 14.0 Å². The fourth-order valence-electron chi connectivity index (χ4n) is 2.08. The van der Waals surface area contributed by atoms with Crippen LogP contribution in [0.25, 0.3) is 0 Å². The van der Waals surface area contributed by atoms with E-state index in [1.807, 2.05) is 0 Å². The number of carboxylic acids is 1. The van der Waals surface area contributed by atoms with E-state index in [0.29, 0.717) is 23.9 Å². The van der Waals surface area contributed by atoms with E-state index in [0.717, 1.165) is 0 Å². The van der Waals surface area contributed by atoms with Crippen molar-refractivity contribution in [2.75, 3.05) is 6.54 Å². The van der Waals surface area contributed by atoms with E-state index in [-0.39, 0.29) is 11.5 Å². The van der Waals surface area contributed by atoms with Crippen molar-refractivity contribution in [1.82, 2.24) is 4.90 Å². The normalized spacial score (nSPS) is 19.0. The van der Waals surface area contributed by atoms with Crippen LogP contribution in [0.15, 0.2) is 22.7 Å². The number of carbonyl (C=O) groups is 2. The number of carboxylic acid groups (broad SMARTS) is 1. The molecule has 0 bridgehead atoms. The van der Waals surface area contributed by atoms with E-state index in [2.05, 4.69) is 15.9 Å². The Bertz CT molecular complexity index is 506. The summed E-state index contributed by atoms with van der Waals surface area (Å²) in [6.45, 7) is 0.416. The minimum absolute atomic E-state index is 0.282. The first-order chi connectivity index (χ1) is 8.50. The van der Waals surface area contributed by atoms with Gasteiger partial charge in [0.2, 0.25) is 0 Å². The molecule has 18 heavy (non-hydrogen) atoms. The number of hydrogen-bond acceptors (Lipinski definition) is 2. The predicted octanol–water partition coefficient (Wildman–Crippen LogP) is 2.28. The standard InChI is InChI=1S/C12H11BrFNO3/c13-9-6-7(14)3-4-8(9)11(16)15-5-1-2-10(15)12(17)18/h3-4,6,10H,1-2,5H2,(H,17,18). The van der Waals surface area contributed by atoms with Gasteiger partial charge in [-0.2, -0.15) is 0 Å². The highest BCUT2D eigenvalue weighted by Crippen LogP contribution is 2.24. The van der Waals surface area contributed by atoms with E-state index < -0.39 is 17.8 Å².